The monoisotopic (exact) mass is 360 g/mol. The van der Waals surface area contributed by atoms with E-state index in [1.807, 2.05) is 54.6 Å². The van der Waals surface area contributed by atoms with Crippen LogP contribution >= 0.6 is 0 Å². The first-order valence-corrected chi connectivity index (χ1v) is 8.56. The van der Waals surface area contributed by atoms with Gasteiger partial charge in [-0.3, -0.25) is 4.79 Å². The highest BCUT2D eigenvalue weighted by Gasteiger charge is 2.04. The molecule has 1 amide bonds. The van der Waals surface area contributed by atoms with E-state index in [-0.39, 0.29) is 18.1 Å². The molecular weight excluding hydrogens is 340 g/mol. The molecule has 0 saturated carbocycles. The molecule has 5 heteroatoms. The first-order valence-electron chi connectivity index (χ1n) is 8.56. The second kappa shape index (κ2) is 9.20. The Morgan fingerprint density at radius 3 is 2.41 bits per heavy atom. The highest BCUT2D eigenvalue weighted by atomic mass is 16.5. The predicted molar refractivity (Wildman–Crippen MR) is 105 cm³/mol. The first-order chi connectivity index (χ1) is 13.2. The fourth-order valence-corrected chi connectivity index (χ4v) is 2.47. The number of hydrazone groups is 1. The van der Waals surface area contributed by atoms with E-state index in [2.05, 4.69) is 10.5 Å². The average molecular weight is 360 g/mol. The number of hydrogen-bond acceptors (Lipinski definition) is 4. The molecule has 3 aromatic rings. The van der Waals surface area contributed by atoms with Crippen LogP contribution in [0.4, 0.5) is 0 Å². The standard InChI is InChI=1S/C22H20N2O3/c25-20-12-10-17(11-13-20)14-22(26)24-23-15-19-8-4-5-9-21(19)27-16-18-6-2-1-3-7-18/h1-13,15,25H,14,16H2,(H,24,26)/b23-15-. The van der Waals surface area contributed by atoms with Gasteiger partial charge in [-0.15, -0.1) is 0 Å². The molecule has 0 spiro atoms. The van der Waals surface area contributed by atoms with Crippen LogP contribution in [0.25, 0.3) is 0 Å². The second-order valence-electron chi connectivity index (χ2n) is 5.95. The Kier molecular flexibility index (Phi) is 6.20. The molecule has 3 rings (SSSR count). The van der Waals surface area contributed by atoms with Gasteiger partial charge < -0.3 is 9.84 Å². The van der Waals surface area contributed by atoms with E-state index in [0.29, 0.717) is 12.4 Å². The first kappa shape index (κ1) is 18.2. The lowest BCUT2D eigenvalue weighted by Gasteiger charge is -2.09. The van der Waals surface area contributed by atoms with Gasteiger partial charge in [-0.05, 0) is 35.4 Å². The number of aromatic hydroxyl groups is 1. The number of ether oxygens (including phenoxy) is 1. The second-order valence-corrected chi connectivity index (χ2v) is 5.95. The molecule has 3 aromatic carbocycles. The van der Waals surface area contributed by atoms with Gasteiger partial charge in [0.2, 0.25) is 5.91 Å². The maximum absolute atomic E-state index is 12.0. The van der Waals surface area contributed by atoms with E-state index >= 15 is 0 Å². The van der Waals surface area contributed by atoms with Crippen LogP contribution < -0.4 is 10.2 Å². The third-order valence-electron chi connectivity index (χ3n) is 3.85. The number of carbonyl (C=O) groups is 1. The number of nitrogens with one attached hydrogen (secondary N) is 1. The summed E-state index contributed by atoms with van der Waals surface area (Å²) >= 11 is 0. The zero-order valence-electron chi connectivity index (χ0n) is 14.7. The lowest BCUT2D eigenvalue weighted by Crippen LogP contribution is -2.19. The smallest absolute Gasteiger partial charge is 0.244 e. The van der Waals surface area contributed by atoms with Crippen LogP contribution in [0.1, 0.15) is 16.7 Å². The lowest BCUT2D eigenvalue weighted by atomic mass is 10.1. The van der Waals surface area contributed by atoms with Crippen LogP contribution in [-0.2, 0) is 17.8 Å². The summed E-state index contributed by atoms with van der Waals surface area (Å²) in [4.78, 5) is 12.0. The topological polar surface area (TPSA) is 70.9 Å². The summed E-state index contributed by atoms with van der Waals surface area (Å²) in [5, 5.41) is 13.3. The van der Waals surface area contributed by atoms with Gasteiger partial charge in [0.25, 0.3) is 0 Å². The predicted octanol–water partition coefficient (Wildman–Crippen LogP) is 3.66. The van der Waals surface area contributed by atoms with Crippen LogP contribution in [-0.4, -0.2) is 17.2 Å². The molecule has 0 fully saturated rings. The summed E-state index contributed by atoms with van der Waals surface area (Å²) in [6.45, 7) is 0.457. The van der Waals surface area contributed by atoms with Gasteiger partial charge in [-0.2, -0.15) is 5.10 Å². The van der Waals surface area contributed by atoms with Gasteiger partial charge >= 0.3 is 0 Å². The molecule has 0 atom stereocenters. The van der Waals surface area contributed by atoms with Crippen LogP contribution in [0.2, 0.25) is 0 Å². The average Bonchev–Trinajstić information content (AvgIpc) is 2.70. The van der Waals surface area contributed by atoms with Crippen molar-refractivity contribution < 1.29 is 14.6 Å². The zero-order chi connectivity index (χ0) is 18.9. The van der Waals surface area contributed by atoms with E-state index in [4.69, 9.17) is 4.74 Å². The molecule has 5 nitrogen and oxygen atoms in total. The minimum Gasteiger partial charge on any atom is -0.508 e. The van der Waals surface area contributed by atoms with Crippen LogP contribution in [0.5, 0.6) is 11.5 Å². The van der Waals surface area contributed by atoms with Crippen molar-refractivity contribution in [3.8, 4) is 11.5 Å². The lowest BCUT2D eigenvalue weighted by molar-refractivity contribution is -0.120. The summed E-state index contributed by atoms with van der Waals surface area (Å²) in [6, 6.07) is 23.9. The third kappa shape index (κ3) is 5.71. The molecule has 0 saturated heterocycles. The maximum atomic E-state index is 12.0. The minimum absolute atomic E-state index is 0.171. The number of rotatable bonds is 7. The number of nitrogens with zero attached hydrogens (tertiary/aromatic N) is 1. The van der Waals surface area contributed by atoms with E-state index in [1.54, 1.807) is 30.5 Å². The van der Waals surface area contributed by atoms with Gasteiger partial charge in [0, 0.05) is 5.56 Å². The third-order valence-corrected chi connectivity index (χ3v) is 3.85. The SMILES string of the molecule is O=C(Cc1ccc(O)cc1)N/N=C\c1ccccc1OCc1ccccc1. The largest absolute Gasteiger partial charge is 0.508 e. The normalized spacial score (nSPS) is 10.7. The molecule has 0 aliphatic rings. The Balaban J connectivity index is 1.56. The summed E-state index contributed by atoms with van der Waals surface area (Å²) in [7, 11) is 0. The van der Waals surface area contributed by atoms with Crippen molar-refractivity contribution >= 4 is 12.1 Å². The maximum Gasteiger partial charge on any atom is 0.244 e. The quantitative estimate of drug-likeness (QED) is 0.499. The minimum atomic E-state index is -0.236. The number of carbonyl (C=O) groups excluding carboxylic acids is 1. The Labute approximate surface area is 157 Å². The van der Waals surface area contributed by atoms with E-state index in [9.17, 15) is 9.90 Å². The summed E-state index contributed by atoms with van der Waals surface area (Å²) < 4.78 is 5.86. The molecule has 0 aliphatic heterocycles. The van der Waals surface area contributed by atoms with Gasteiger partial charge in [0.15, 0.2) is 0 Å². The van der Waals surface area contributed by atoms with Crippen LogP contribution in [0.15, 0.2) is 84.0 Å². The molecule has 0 aromatic heterocycles. The van der Waals surface area contributed by atoms with Gasteiger partial charge in [-0.25, -0.2) is 5.43 Å². The molecule has 0 bridgehead atoms. The number of benzene rings is 3. The molecule has 27 heavy (non-hydrogen) atoms. The number of phenolic OH excluding ortho intramolecular Hbond substituents is 1. The van der Waals surface area contributed by atoms with Gasteiger partial charge in [-0.1, -0.05) is 54.6 Å². The van der Waals surface area contributed by atoms with Crippen molar-refractivity contribution in [3.05, 3.63) is 95.6 Å². The van der Waals surface area contributed by atoms with Gasteiger partial charge in [0.05, 0.1) is 12.6 Å². The number of phenols is 1. The van der Waals surface area contributed by atoms with Gasteiger partial charge in [0.1, 0.15) is 18.1 Å². The Morgan fingerprint density at radius 1 is 0.926 bits per heavy atom. The molecule has 0 radical (unpaired) electrons. The molecule has 0 unspecified atom stereocenters. The molecular formula is C22H20N2O3. The zero-order valence-corrected chi connectivity index (χ0v) is 14.7. The Morgan fingerprint density at radius 2 is 1.63 bits per heavy atom. The van der Waals surface area contributed by atoms with E-state index in [0.717, 1.165) is 16.7 Å². The summed E-state index contributed by atoms with van der Waals surface area (Å²) in [6.07, 6.45) is 1.75. The summed E-state index contributed by atoms with van der Waals surface area (Å²) in [5.74, 6) is 0.627. The van der Waals surface area contributed by atoms with Crippen molar-refractivity contribution in [2.45, 2.75) is 13.0 Å². The molecule has 0 aliphatic carbocycles. The summed E-state index contributed by atoms with van der Waals surface area (Å²) in [5.41, 5.74) is 5.16. The highest BCUT2D eigenvalue weighted by molar-refractivity contribution is 5.85. The Hall–Kier alpha value is -3.60. The molecule has 136 valence electrons. The number of hydrogen-bond donors (Lipinski definition) is 2. The molecule has 2 N–H and O–H groups in total. The van der Waals surface area contributed by atoms with E-state index in [1.165, 1.54) is 0 Å². The van der Waals surface area contributed by atoms with Crippen LogP contribution in [0.3, 0.4) is 0 Å². The van der Waals surface area contributed by atoms with Crippen molar-refractivity contribution in [2.24, 2.45) is 5.10 Å². The van der Waals surface area contributed by atoms with Crippen molar-refractivity contribution in [3.63, 3.8) is 0 Å². The molecule has 0 heterocycles. The highest BCUT2D eigenvalue weighted by Crippen LogP contribution is 2.17. The van der Waals surface area contributed by atoms with Crippen LogP contribution in [0, 0.1) is 0 Å². The van der Waals surface area contributed by atoms with Crippen molar-refractivity contribution in [1.29, 1.82) is 0 Å². The fourth-order valence-electron chi connectivity index (χ4n) is 2.47. The number of para-hydroxylation sites is 1. The van der Waals surface area contributed by atoms with Crippen molar-refractivity contribution in [1.82, 2.24) is 5.43 Å². The Bertz CT molecular complexity index is 906. The van der Waals surface area contributed by atoms with E-state index < -0.39 is 0 Å². The number of amides is 1. The fraction of sp³-hybridized carbons (Fsp3) is 0.0909. The van der Waals surface area contributed by atoms with Crippen molar-refractivity contribution in [2.75, 3.05) is 0 Å².